The first-order valence-electron chi connectivity index (χ1n) is 9.23. The fraction of sp³-hybridized carbons (Fsp3) is 0.130. The Morgan fingerprint density at radius 1 is 0.750 bits per heavy atom. The van der Waals surface area contributed by atoms with E-state index in [0.717, 1.165) is 34.1 Å². The second kappa shape index (κ2) is 7.96. The summed E-state index contributed by atoms with van der Waals surface area (Å²) < 4.78 is 7.23. The van der Waals surface area contributed by atoms with E-state index in [1.54, 1.807) is 7.11 Å². The molecule has 28 heavy (non-hydrogen) atoms. The minimum Gasteiger partial charge on any atom is -0.497 e. The first-order valence-corrected chi connectivity index (χ1v) is 9.23. The topological polar surface area (TPSA) is 52.0 Å². The fourth-order valence-corrected chi connectivity index (χ4v) is 3.12. The minimum atomic E-state index is 0.0480. The van der Waals surface area contributed by atoms with Crippen molar-refractivity contribution in [3.63, 3.8) is 0 Å². The Balaban J connectivity index is 1.73. The number of hydrogen-bond acceptors (Lipinski definition) is 4. The van der Waals surface area contributed by atoms with E-state index in [2.05, 4.69) is 34.7 Å². The first kappa shape index (κ1) is 17.8. The molecule has 0 bridgehead atoms. The van der Waals surface area contributed by atoms with Crippen LogP contribution in [0.15, 0.2) is 84.9 Å². The first-order chi connectivity index (χ1) is 13.8. The Morgan fingerprint density at radius 3 is 1.71 bits per heavy atom. The van der Waals surface area contributed by atoms with Crippen molar-refractivity contribution in [2.45, 2.75) is 13.0 Å². The van der Waals surface area contributed by atoms with E-state index in [1.165, 1.54) is 0 Å². The summed E-state index contributed by atoms with van der Waals surface area (Å²) in [6.07, 6.45) is 0. The van der Waals surface area contributed by atoms with Gasteiger partial charge in [-0.05, 0) is 24.6 Å². The van der Waals surface area contributed by atoms with Gasteiger partial charge in [0.2, 0.25) is 0 Å². The van der Waals surface area contributed by atoms with Gasteiger partial charge in [0, 0.05) is 11.1 Å². The number of hydrogen-bond donors (Lipinski definition) is 1. The van der Waals surface area contributed by atoms with Gasteiger partial charge in [0.05, 0.1) is 13.2 Å². The van der Waals surface area contributed by atoms with Gasteiger partial charge >= 0.3 is 0 Å². The molecular formula is C23H22N4O. The van der Waals surface area contributed by atoms with Crippen LogP contribution in [-0.2, 0) is 0 Å². The molecule has 0 amide bonds. The zero-order chi connectivity index (χ0) is 19.3. The van der Waals surface area contributed by atoms with Crippen molar-refractivity contribution in [3.8, 4) is 28.5 Å². The van der Waals surface area contributed by atoms with Gasteiger partial charge in [0.25, 0.3) is 0 Å². The number of ether oxygens (including phenoxy) is 1. The van der Waals surface area contributed by atoms with Crippen LogP contribution in [0.2, 0.25) is 0 Å². The third-order valence-electron chi connectivity index (χ3n) is 4.67. The molecule has 0 spiro atoms. The van der Waals surface area contributed by atoms with Crippen molar-refractivity contribution >= 4 is 0 Å². The molecule has 1 N–H and O–H groups in total. The second-order valence-corrected chi connectivity index (χ2v) is 6.54. The molecule has 0 radical (unpaired) electrons. The average Bonchev–Trinajstić information content (AvgIpc) is 3.18. The van der Waals surface area contributed by atoms with Crippen LogP contribution in [0.3, 0.4) is 0 Å². The lowest BCUT2D eigenvalue weighted by Gasteiger charge is -2.20. The summed E-state index contributed by atoms with van der Waals surface area (Å²) in [6.45, 7) is 2.12. The van der Waals surface area contributed by atoms with Crippen LogP contribution >= 0.6 is 0 Å². The summed E-state index contributed by atoms with van der Waals surface area (Å²) in [5.74, 6) is 2.40. The molecule has 0 saturated heterocycles. The molecule has 4 aromatic rings. The Kier molecular flexibility index (Phi) is 5.06. The van der Waals surface area contributed by atoms with Crippen molar-refractivity contribution in [2.75, 3.05) is 12.5 Å². The van der Waals surface area contributed by atoms with Crippen molar-refractivity contribution in [1.29, 1.82) is 0 Å². The van der Waals surface area contributed by atoms with Gasteiger partial charge in [-0.2, -0.15) is 0 Å². The SMILES string of the molecule is COc1ccc(C(C)Nn2c(-c3ccccc3)nnc2-c2ccccc2)cc1. The van der Waals surface area contributed by atoms with E-state index < -0.39 is 0 Å². The Hall–Kier alpha value is -3.60. The molecule has 0 saturated carbocycles. The maximum atomic E-state index is 5.26. The summed E-state index contributed by atoms with van der Waals surface area (Å²) in [5.41, 5.74) is 6.72. The molecule has 0 aliphatic rings. The summed E-state index contributed by atoms with van der Waals surface area (Å²) in [5, 5.41) is 8.93. The van der Waals surface area contributed by atoms with Crippen LogP contribution in [0, 0.1) is 0 Å². The summed E-state index contributed by atoms with van der Waals surface area (Å²) in [6, 6.07) is 28.3. The maximum Gasteiger partial charge on any atom is 0.182 e. The Bertz CT molecular complexity index is 970. The van der Waals surface area contributed by atoms with Gasteiger partial charge in [0.15, 0.2) is 11.6 Å². The molecule has 0 aliphatic carbocycles. The number of nitrogens with zero attached hydrogens (tertiary/aromatic N) is 3. The van der Waals surface area contributed by atoms with Gasteiger partial charge in [0.1, 0.15) is 5.75 Å². The predicted octanol–water partition coefficient (Wildman–Crippen LogP) is 4.93. The molecule has 0 fully saturated rings. The molecule has 1 heterocycles. The molecule has 1 unspecified atom stereocenters. The highest BCUT2D eigenvalue weighted by molar-refractivity contribution is 5.63. The summed E-state index contributed by atoms with van der Waals surface area (Å²) >= 11 is 0. The van der Waals surface area contributed by atoms with Crippen LogP contribution in [0.5, 0.6) is 5.75 Å². The number of methoxy groups -OCH3 is 1. The molecule has 3 aromatic carbocycles. The molecule has 5 nitrogen and oxygen atoms in total. The van der Waals surface area contributed by atoms with Crippen LogP contribution in [-0.4, -0.2) is 22.0 Å². The van der Waals surface area contributed by atoms with E-state index in [1.807, 2.05) is 77.5 Å². The minimum absolute atomic E-state index is 0.0480. The van der Waals surface area contributed by atoms with Gasteiger partial charge in [-0.15, -0.1) is 10.2 Å². The quantitative estimate of drug-likeness (QED) is 0.523. The Morgan fingerprint density at radius 2 is 1.25 bits per heavy atom. The molecule has 5 heteroatoms. The number of benzene rings is 3. The van der Waals surface area contributed by atoms with Gasteiger partial charge in [-0.1, -0.05) is 72.8 Å². The van der Waals surface area contributed by atoms with Gasteiger partial charge in [-0.3, -0.25) is 0 Å². The molecular weight excluding hydrogens is 348 g/mol. The van der Waals surface area contributed by atoms with Crippen LogP contribution in [0.1, 0.15) is 18.5 Å². The third-order valence-corrected chi connectivity index (χ3v) is 4.67. The lowest BCUT2D eigenvalue weighted by Crippen LogP contribution is -2.21. The molecule has 0 aliphatic heterocycles. The highest BCUT2D eigenvalue weighted by atomic mass is 16.5. The number of aromatic nitrogens is 3. The van der Waals surface area contributed by atoms with Crippen LogP contribution < -0.4 is 10.2 Å². The standard InChI is InChI=1S/C23H22N4O/c1-17(18-13-15-21(28-2)16-14-18)26-27-22(19-9-5-3-6-10-19)24-25-23(27)20-11-7-4-8-12-20/h3-17,26H,1-2H3. The highest BCUT2D eigenvalue weighted by Gasteiger charge is 2.17. The van der Waals surface area contributed by atoms with Crippen molar-refractivity contribution in [3.05, 3.63) is 90.5 Å². The van der Waals surface area contributed by atoms with E-state index in [4.69, 9.17) is 4.74 Å². The largest absolute Gasteiger partial charge is 0.497 e. The zero-order valence-electron chi connectivity index (χ0n) is 15.9. The van der Waals surface area contributed by atoms with E-state index in [-0.39, 0.29) is 6.04 Å². The number of nitrogens with one attached hydrogen (secondary N) is 1. The second-order valence-electron chi connectivity index (χ2n) is 6.54. The summed E-state index contributed by atoms with van der Waals surface area (Å²) in [4.78, 5) is 0. The molecule has 140 valence electrons. The molecule has 1 atom stereocenters. The van der Waals surface area contributed by atoms with Gasteiger partial charge < -0.3 is 10.2 Å². The van der Waals surface area contributed by atoms with Crippen LogP contribution in [0.4, 0.5) is 0 Å². The smallest absolute Gasteiger partial charge is 0.182 e. The predicted molar refractivity (Wildman–Crippen MR) is 112 cm³/mol. The van der Waals surface area contributed by atoms with Crippen molar-refractivity contribution < 1.29 is 4.74 Å². The molecule has 1 aromatic heterocycles. The van der Waals surface area contributed by atoms with Gasteiger partial charge in [-0.25, -0.2) is 4.68 Å². The number of rotatable bonds is 6. The van der Waals surface area contributed by atoms with Crippen molar-refractivity contribution in [1.82, 2.24) is 14.9 Å². The zero-order valence-corrected chi connectivity index (χ0v) is 15.9. The normalized spacial score (nSPS) is 11.8. The van der Waals surface area contributed by atoms with E-state index >= 15 is 0 Å². The van der Waals surface area contributed by atoms with E-state index in [0.29, 0.717) is 0 Å². The van der Waals surface area contributed by atoms with Crippen molar-refractivity contribution in [2.24, 2.45) is 0 Å². The van der Waals surface area contributed by atoms with E-state index in [9.17, 15) is 0 Å². The maximum absolute atomic E-state index is 5.26. The lowest BCUT2D eigenvalue weighted by atomic mass is 10.1. The van der Waals surface area contributed by atoms with Crippen LogP contribution in [0.25, 0.3) is 22.8 Å². The lowest BCUT2D eigenvalue weighted by molar-refractivity contribution is 0.414. The monoisotopic (exact) mass is 370 g/mol. The third kappa shape index (κ3) is 3.60. The highest BCUT2D eigenvalue weighted by Crippen LogP contribution is 2.26. The molecule has 4 rings (SSSR count). The fourth-order valence-electron chi connectivity index (χ4n) is 3.12. The average molecular weight is 370 g/mol. The Labute approximate surface area is 164 Å². The summed E-state index contributed by atoms with van der Waals surface area (Å²) in [7, 11) is 1.67.